The maximum atomic E-state index is 13.1. The first-order chi connectivity index (χ1) is 14.4. The number of aryl methyl sites for hydroxylation is 1. The summed E-state index contributed by atoms with van der Waals surface area (Å²) in [5, 5.41) is 14.8. The summed E-state index contributed by atoms with van der Waals surface area (Å²) < 4.78 is 0.693. The maximum Gasteiger partial charge on any atom is 0.244 e. The minimum absolute atomic E-state index is 0.0102. The molecular formula is C21H21N5O2S2. The van der Waals surface area contributed by atoms with Crippen LogP contribution in [0.15, 0.2) is 46.8 Å². The van der Waals surface area contributed by atoms with Gasteiger partial charge in [-0.05, 0) is 50.1 Å². The van der Waals surface area contributed by atoms with Gasteiger partial charge < -0.3 is 10.6 Å². The van der Waals surface area contributed by atoms with E-state index in [0.29, 0.717) is 20.8 Å². The number of aromatic nitrogens is 2. The molecule has 2 amide bonds. The van der Waals surface area contributed by atoms with Crippen LogP contribution in [-0.4, -0.2) is 33.8 Å². The van der Waals surface area contributed by atoms with E-state index in [2.05, 4.69) is 40.7 Å². The number of hydrogen-bond acceptors (Lipinski definition) is 7. The van der Waals surface area contributed by atoms with Crippen LogP contribution in [0.2, 0.25) is 0 Å². The first-order valence-corrected chi connectivity index (χ1v) is 11.2. The summed E-state index contributed by atoms with van der Waals surface area (Å²) in [4.78, 5) is 26.6. The lowest BCUT2D eigenvalue weighted by Gasteiger charge is -2.30. The third-order valence-corrected chi connectivity index (χ3v) is 6.93. The number of hydrogen-bond donors (Lipinski definition) is 2. The van der Waals surface area contributed by atoms with Crippen molar-refractivity contribution < 1.29 is 9.59 Å². The maximum absolute atomic E-state index is 13.1. The van der Waals surface area contributed by atoms with Crippen LogP contribution in [-0.2, 0) is 9.59 Å². The van der Waals surface area contributed by atoms with Crippen molar-refractivity contribution in [1.29, 1.82) is 0 Å². The number of anilines is 4. The first kappa shape index (κ1) is 20.4. The second kappa shape index (κ2) is 8.45. The monoisotopic (exact) mass is 439 g/mol. The highest BCUT2D eigenvalue weighted by atomic mass is 32.2. The van der Waals surface area contributed by atoms with Crippen molar-refractivity contribution in [1.82, 2.24) is 10.2 Å². The highest BCUT2D eigenvalue weighted by Gasteiger charge is 2.30. The van der Waals surface area contributed by atoms with Crippen LogP contribution >= 0.6 is 23.1 Å². The Bertz CT molecular complexity index is 1110. The van der Waals surface area contributed by atoms with E-state index in [9.17, 15) is 9.59 Å². The topological polar surface area (TPSA) is 87.2 Å². The smallest absolute Gasteiger partial charge is 0.244 e. The van der Waals surface area contributed by atoms with Gasteiger partial charge in [0.25, 0.3) is 0 Å². The van der Waals surface area contributed by atoms with E-state index in [1.54, 1.807) is 6.07 Å². The fraction of sp³-hybridized carbons (Fsp3) is 0.238. The van der Waals surface area contributed by atoms with Gasteiger partial charge >= 0.3 is 0 Å². The zero-order valence-electron chi connectivity index (χ0n) is 16.8. The minimum atomic E-state index is -0.412. The molecule has 0 spiro atoms. The van der Waals surface area contributed by atoms with Gasteiger partial charge in [-0.1, -0.05) is 47.4 Å². The average Bonchev–Trinajstić information content (AvgIpc) is 3.17. The third-order valence-electron chi connectivity index (χ3n) is 4.91. The number of amides is 2. The molecule has 0 aliphatic carbocycles. The van der Waals surface area contributed by atoms with Crippen LogP contribution in [0.3, 0.4) is 0 Å². The van der Waals surface area contributed by atoms with Crippen molar-refractivity contribution in [3.8, 4) is 0 Å². The molecule has 3 aromatic rings. The van der Waals surface area contributed by atoms with Gasteiger partial charge in [0, 0.05) is 5.69 Å². The summed E-state index contributed by atoms with van der Waals surface area (Å²) in [6.07, 6.45) is 0. The van der Waals surface area contributed by atoms with Crippen molar-refractivity contribution >= 4 is 57.1 Å². The van der Waals surface area contributed by atoms with Gasteiger partial charge in [-0.3, -0.25) is 14.5 Å². The number of fused-ring (bicyclic) bond motifs is 1. The van der Waals surface area contributed by atoms with Gasteiger partial charge in [0.15, 0.2) is 4.34 Å². The Morgan fingerprint density at radius 1 is 1.20 bits per heavy atom. The van der Waals surface area contributed by atoms with E-state index in [1.165, 1.54) is 33.6 Å². The van der Waals surface area contributed by atoms with E-state index in [4.69, 9.17) is 0 Å². The van der Waals surface area contributed by atoms with E-state index >= 15 is 0 Å². The molecule has 0 fully saturated rings. The van der Waals surface area contributed by atoms with Crippen LogP contribution in [0.5, 0.6) is 0 Å². The summed E-state index contributed by atoms with van der Waals surface area (Å²) in [5.74, 6) is -0.336. The highest BCUT2D eigenvalue weighted by Crippen LogP contribution is 2.34. The standard InChI is InChI=1S/C21H21N5O2S2/c1-12-7-6-9-15(13(12)2)23-20-24-25-21(30-20)29-14(3)19(28)26-11-18(27)22-16-8-4-5-10-17(16)26/h4-10,14H,11H2,1-3H3,(H,22,27)(H,23,24)/t14-/m1/s1. The summed E-state index contributed by atoms with van der Waals surface area (Å²) in [6.45, 7) is 5.95. The minimum Gasteiger partial charge on any atom is -0.330 e. The number of rotatable bonds is 5. The van der Waals surface area contributed by atoms with Gasteiger partial charge in [-0.25, -0.2) is 0 Å². The Morgan fingerprint density at radius 2 is 2.00 bits per heavy atom. The summed E-state index contributed by atoms with van der Waals surface area (Å²) in [6, 6.07) is 13.4. The molecule has 0 saturated carbocycles. The van der Waals surface area contributed by atoms with Crippen molar-refractivity contribution in [3.63, 3.8) is 0 Å². The lowest BCUT2D eigenvalue weighted by Crippen LogP contribution is -2.45. The summed E-state index contributed by atoms with van der Waals surface area (Å²) in [7, 11) is 0. The molecule has 4 rings (SSSR count). The Morgan fingerprint density at radius 3 is 2.83 bits per heavy atom. The fourth-order valence-electron chi connectivity index (χ4n) is 3.16. The van der Waals surface area contributed by atoms with Gasteiger partial charge in [0.05, 0.1) is 16.6 Å². The van der Waals surface area contributed by atoms with E-state index in [1.807, 2.05) is 37.3 Å². The number of nitrogens with zero attached hydrogens (tertiary/aromatic N) is 3. The van der Waals surface area contributed by atoms with Crippen LogP contribution in [0, 0.1) is 13.8 Å². The molecule has 2 heterocycles. The number of nitrogens with one attached hydrogen (secondary N) is 2. The zero-order valence-corrected chi connectivity index (χ0v) is 18.4. The molecule has 154 valence electrons. The van der Waals surface area contributed by atoms with Crippen LogP contribution < -0.4 is 15.5 Å². The first-order valence-electron chi connectivity index (χ1n) is 9.46. The van der Waals surface area contributed by atoms with E-state index < -0.39 is 5.25 Å². The molecule has 2 aromatic carbocycles. The van der Waals surface area contributed by atoms with Crippen molar-refractivity contribution in [3.05, 3.63) is 53.6 Å². The second-order valence-electron chi connectivity index (χ2n) is 7.00. The number of carbonyl (C=O) groups excluding carboxylic acids is 2. The molecule has 2 N–H and O–H groups in total. The van der Waals surface area contributed by atoms with E-state index in [0.717, 1.165) is 11.3 Å². The summed E-state index contributed by atoms with van der Waals surface area (Å²) >= 11 is 2.74. The predicted octanol–water partition coefficient (Wildman–Crippen LogP) is 4.36. The average molecular weight is 440 g/mol. The Labute approximate surface area is 182 Å². The zero-order chi connectivity index (χ0) is 21.3. The molecule has 30 heavy (non-hydrogen) atoms. The van der Waals surface area contributed by atoms with E-state index in [-0.39, 0.29) is 18.4 Å². The van der Waals surface area contributed by atoms with Gasteiger partial charge in [-0.2, -0.15) is 0 Å². The molecular weight excluding hydrogens is 418 g/mol. The van der Waals surface area contributed by atoms with Crippen molar-refractivity contribution in [2.45, 2.75) is 30.4 Å². The SMILES string of the molecule is Cc1cccc(Nc2nnc(S[C@H](C)C(=O)N3CC(=O)Nc4ccccc43)s2)c1C. The number of para-hydroxylation sites is 2. The largest absolute Gasteiger partial charge is 0.330 e. The number of thioether (sulfide) groups is 1. The van der Waals surface area contributed by atoms with Crippen molar-refractivity contribution in [2.75, 3.05) is 22.1 Å². The molecule has 0 saturated heterocycles. The molecule has 1 aliphatic rings. The van der Waals surface area contributed by atoms with Gasteiger partial charge in [-0.15, -0.1) is 10.2 Å². The molecule has 9 heteroatoms. The van der Waals surface area contributed by atoms with Gasteiger partial charge in [0.1, 0.15) is 6.54 Å². The molecule has 1 aliphatic heterocycles. The molecule has 1 atom stereocenters. The van der Waals surface area contributed by atoms with Gasteiger partial charge in [0.2, 0.25) is 16.9 Å². The van der Waals surface area contributed by atoms with Crippen LogP contribution in [0.4, 0.5) is 22.2 Å². The molecule has 0 unspecified atom stereocenters. The normalized spacial score (nSPS) is 14.1. The molecule has 0 radical (unpaired) electrons. The van der Waals surface area contributed by atoms with Crippen LogP contribution in [0.25, 0.3) is 0 Å². The summed E-state index contributed by atoms with van der Waals surface area (Å²) in [5.41, 5.74) is 4.71. The molecule has 1 aromatic heterocycles. The third kappa shape index (κ3) is 4.17. The lowest BCUT2D eigenvalue weighted by atomic mass is 10.1. The quantitative estimate of drug-likeness (QED) is 0.574. The molecule has 7 nitrogen and oxygen atoms in total. The predicted molar refractivity (Wildman–Crippen MR) is 122 cm³/mol. The second-order valence-corrected chi connectivity index (χ2v) is 9.56. The highest BCUT2D eigenvalue weighted by molar-refractivity contribution is 8.02. The number of carbonyl (C=O) groups is 2. The number of benzene rings is 2. The van der Waals surface area contributed by atoms with Crippen LogP contribution in [0.1, 0.15) is 18.1 Å². The Kier molecular flexibility index (Phi) is 5.74. The Balaban J connectivity index is 1.46. The lowest BCUT2D eigenvalue weighted by molar-refractivity contribution is -0.121. The van der Waals surface area contributed by atoms with Crippen molar-refractivity contribution in [2.24, 2.45) is 0 Å². The Hall–Kier alpha value is -2.91. The molecule has 0 bridgehead atoms. The fourth-order valence-corrected chi connectivity index (χ4v) is 5.13.